The molecule has 1 nitrogen and oxygen atoms in total. The molecule has 2 heteroatoms. The highest BCUT2D eigenvalue weighted by Gasteiger charge is 2.34. The monoisotopic (exact) mass is 167 g/mol. The molecule has 11 heavy (non-hydrogen) atoms. The van der Waals surface area contributed by atoms with Crippen LogP contribution in [0, 0.1) is 0 Å². The van der Waals surface area contributed by atoms with Gasteiger partial charge in [-0.25, -0.2) is 0 Å². The lowest BCUT2D eigenvalue weighted by molar-refractivity contribution is 0.991. The highest BCUT2D eigenvalue weighted by atomic mass is 35.5. The largest absolute Gasteiger partial charge is 0.327 e. The molecule has 0 radical (unpaired) electrons. The zero-order valence-electron chi connectivity index (χ0n) is 6.13. The van der Waals surface area contributed by atoms with E-state index in [0.717, 1.165) is 11.4 Å². The first-order valence-corrected chi connectivity index (χ1v) is 4.16. The zero-order valence-corrected chi connectivity index (χ0v) is 6.88. The van der Waals surface area contributed by atoms with Gasteiger partial charge in [0.05, 0.1) is 0 Å². The Bertz CT molecular complexity index is 272. The molecule has 1 fully saturated rings. The summed E-state index contributed by atoms with van der Waals surface area (Å²) in [6.45, 7) is 0. The fraction of sp³-hybridized carbons (Fsp3) is 0.333. The maximum atomic E-state index is 5.82. The van der Waals surface area contributed by atoms with Crippen LogP contribution in [0.4, 0.5) is 0 Å². The van der Waals surface area contributed by atoms with Crippen molar-refractivity contribution in [3.8, 4) is 0 Å². The minimum absolute atomic E-state index is 0.369. The summed E-state index contributed by atoms with van der Waals surface area (Å²) in [5.41, 5.74) is 6.99. The maximum absolute atomic E-state index is 5.82. The molecule has 1 aliphatic rings. The maximum Gasteiger partial charge on any atom is 0.0408 e. The number of nitrogens with two attached hydrogens (primary N) is 1. The van der Waals surface area contributed by atoms with Crippen LogP contribution in [-0.2, 0) is 0 Å². The van der Waals surface area contributed by atoms with Crippen molar-refractivity contribution >= 4 is 11.6 Å². The number of hydrogen-bond acceptors (Lipinski definition) is 1. The summed E-state index contributed by atoms with van der Waals surface area (Å²) in [6, 6.07) is 8.32. The van der Waals surface area contributed by atoms with Crippen LogP contribution in [0.15, 0.2) is 24.3 Å². The summed E-state index contributed by atoms with van der Waals surface area (Å²) in [6.07, 6.45) is 1.11. The molecule has 0 aliphatic heterocycles. The molecule has 0 bridgehead atoms. The Labute approximate surface area is 71.2 Å². The molecule has 58 valence electrons. The SMILES string of the molecule is N[C@H]1C[C@@H]1c1cccc(Cl)c1. The second kappa shape index (κ2) is 2.50. The van der Waals surface area contributed by atoms with Crippen LogP contribution >= 0.6 is 11.6 Å². The summed E-state index contributed by atoms with van der Waals surface area (Å²) >= 11 is 5.82. The van der Waals surface area contributed by atoms with Crippen molar-refractivity contribution in [2.75, 3.05) is 0 Å². The first-order valence-electron chi connectivity index (χ1n) is 3.78. The molecule has 1 aliphatic carbocycles. The molecule has 0 aromatic heterocycles. The minimum atomic E-state index is 0.369. The lowest BCUT2D eigenvalue weighted by Gasteiger charge is -1.97. The number of rotatable bonds is 1. The van der Waals surface area contributed by atoms with E-state index in [1.54, 1.807) is 0 Å². The second-order valence-corrected chi connectivity index (χ2v) is 3.50. The quantitative estimate of drug-likeness (QED) is 0.682. The average Bonchev–Trinajstić information content (AvgIpc) is 2.67. The molecule has 2 rings (SSSR count). The molecule has 1 aromatic carbocycles. The predicted octanol–water partition coefficient (Wildman–Crippen LogP) is 2.15. The Hall–Kier alpha value is -0.530. The van der Waals surface area contributed by atoms with Gasteiger partial charge in [0.15, 0.2) is 0 Å². The number of halogens is 1. The van der Waals surface area contributed by atoms with Crippen molar-refractivity contribution in [1.29, 1.82) is 0 Å². The molecule has 0 spiro atoms. The van der Waals surface area contributed by atoms with E-state index in [4.69, 9.17) is 17.3 Å². The second-order valence-electron chi connectivity index (χ2n) is 3.06. The molecule has 2 atom stereocenters. The molecule has 1 saturated carbocycles. The van der Waals surface area contributed by atoms with Crippen LogP contribution < -0.4 is 5.73 Å². The van der Waals surface area contributed by atoms with Crippen molar-refractivity contribution in [2.45, 2.75) is 18.4 Å². The third-order valence-electron chi connectivity index (χ3n) is 2.12. The molecule has 0 unspecified atom stereocenters. The average molecular weight is 168 g/mol. The number of benzene rings is 1. The van der Waals surface area contributed by atoms with E-state index in [0.29, 0.717) is 12.0 Å². The van der Waals surface area contributed by atoms with Gasteiger partial charge in [0.1, 0.15) is 0 Å². The van der Waals surface area contributed by atoms with Crippen molar-refractivity contribution in [2.24, 2.45) is 5.73 Å². The Morgan fingerprint density at radius 1 is 1.45 bits per heavy atom. The summed E-state index contributed by atoms with van der Waals surface area (Å²) in [5.74, 6) is 0.564. The smallest absolute Gasteiger partial charge is 0.0408 e. The van der Waals surface area contributed by atoms with E-state index in [1.165, 1.54) is 5.56 Å². The van der Waals surface area contributed by atoms with Gasteiger partial charge in [-0.3, -0.25) is 0 Å². The van der Waals surface area contributed by atoms with E-state index in [1.807, 2.05) is 18.2 Å². The molecular formula is C9H10ClN. The lowest BCUT2D eigenvalue weighted by atomic mass is 10.1. The fourth-order valence-electron chi connectivity index (χ4n) is 1.34. The van der Waals surface area contributed by atoms with Gasteiger partial charge in [0.25, 0.3) is 0 Å². The van der Waals surface area contributed by atoms with E-state index in [2.05, 4.69) is 6.07 Å². The van der Waals surface area contributed by atoms with Gasteiger partial charge in [-0.15, -0.1) is 0 Å². The molecule has 0 saturated heterocycles. The van der Waals surface area contributed by atoms with Crippen LogP contribution in [0.5, 0.6) is 0 Å². The standard InChI is InChI=1S/C9H10ClN/c10-7-3-1-2-6(4-7)8-5-9(8)11/h1-4,8-9H,5,11H2/t8-,9+/m1/s1. The Morgan fingerprint density at radius 3 is 2.73 bits per heavy atom. The van der Waals surface area contributed by atoms with Crippen molar-refractivity contribution in [3.63, 3.8) is 0 Å². The Balaban J connectivity index is 2.25. The fourth-order valence-corrected chi connectivity index (χ4v) is 1.53. The topological polar surface area (TPSA) is 26.0 Å². The zero-order chi connectivity index (χ0) is 7.84. The third kappa shape index (κ3) is 1.39. The van der Waals surface area contributed by atoms with Crippen molar-refractivity contribution in [3.05, 3.63) is 34.9 Å². The van der Waals surface area contributed by atoms with Crippen molar-refractivity contribution < 1.29 is 0 Å². The summed E-state index contributed by atoms with van der Waals surface area (Å²) < 4.78 is 0. The molecule has 0 heterocycles. The highest BCUT2D eigenvalue weighted by Crippen LogP contribution is 2.39. The van der Waals surface area contributed by atoms with Gasteiger partial charge >= 0.3 is 0 Å². The Morgan fingerprint density at radius 2 is 2.18 bits per heavy atom. The summed E-state index contributed by atoms with van der Waals surface area (Å²) in [7, 11) is 0. The van der Waals surface area contributed by atoms with E-state index >= 15 is 0 Å². The van der Waals surface area contributed by atoms with Gasteiger partial charge in [0.2, 0.25) is 0 Å². The van der Waals surface area contributed by atoms with Crippen LogP contribution in [-0.4, -0.2) is 6.04 Å². The summed E-state index contributed by atoms with van der Waals surface area (Å²) in [5, 5.41) is 0.807. The lowest BCUT2D eigenvalue weighted by Crippen LogP contribution is -2.00. The highest BCUT2D eigenvalue weighted by molar-refractivity contribution is 6.30. The van der Waals surface area contributed by atoms with Crippen LogP contribution in [0.1, 0.15) is 17.9 Å². The van der Waals surface area contributed by atoms with Crippen LogP contribution in [0.2, 0.25) is 5.02 Å². The molecule has 2 N–H and O–H groups in total. The van der Waals surface area contributed by atoms with Gasteiger partial charge in [0, 0.05) is 17.0 Å². The van der Waals surface area contributed by atoms with Crippen LogP contribution in [0.25, 0.3) is 0 Å². The van der Waals surface area contributed by atoms with Gasteiger partial charge in [-0.05, 0) is 24.1 Å². The van der Waals surface area contributed by atoms with Gasteiger partial charge in [-0.2, -0.15) is 0 Å². The van der Waals surface area contributed by atoms with E-state index in [-0.39, 0.29) is 0 Å². The molecule has 1 aromatic rings. The third-order valence-corrected chi connectivity index (χ3v) is 2.35. The summed E-state index contributed by atoms with van der Waals surface area (Å²) in [4.78, 5) is 0. The first-order chi connectivity index (χ1) is 5.27. The first kappa shape index (κ1) is 7.14. The molecular weight excluding hydrogens is 158 g/mol. The predicted molar refractivity (Wildman–Crippen MR) is 46.8 cm³/mol. The number of hydrogen-bond donors (Lipinski definition) is 1. The van der Waals surface area contributed by atoms with Gasteiger partial charge < -0.3 is 5.73 Å². The van der Waals surface area contributed by atoms with E-state index < -0.39 is 0 Å². The van der Waals surface area contributed by atoms with E-state index in [9.17, 15) is 0 Å². The minimum Gasteiger partial charge on any atom is -0.327 e. The van der Waals surface area contributed by atoms with Crippen molar-refractivity contribution in [1.82, 2.24) is 0 Å². The normalized spacial score (nSPS) is 28.5. The molecule has 0 amide bonds. The van der Waals surface area contributed by atoms with Gasteiger partial charge in [-0.1, -0.05) is 23.7 Å². The van der Waals surface area contributed by atoms with Crippen LogP contribution in [0.3, 0.4) is 0 Å². The Kier molecular flexibility index (Phi) is 1.63.